The van der Waals surface area contributed by atoms with Crippen molar-refractivity contribution in [2.45, 2.75) is 18.0 Å². The summed E-state index contributed by atoms with van der Waals surface area (Å²) in [7, 11) is 1.30. The van der Waals surface area contributed by atoms with Crippen molar-refractivity contribution >= 4 is 28.4 Å². The molecule has 6 nitrogen and oxygen atoms in total. The number of fused-ring (bicyclic) bond motifs is 5. The maximum Gasteiger partial charge on any atom is 0.323 e. The summed E-state index contributed by atoms with van der Waals surface area (Å²) in [5.74, 6) is -1.18. The summed E-state index contributed by atoms with van der Waals surface area (Å²) < 4.78 is 4.91. The van der Waals surface area contributed by atoms with Gasteiger partial charge in [-0.15, -0.1) is 0 Å². The van der Waals surface area contributed by atoms with Gasteiger partial charge in [0.25, 0.3) is 0 Å². The Kier molecular flexibility index (Phi) is 3.18. The Balaban J connectivity index is 1.82. The van der Waals surface area contributed by atoms with E-state index in [1.807, 2.05) is 24.3 Å². The first-order valence-electron chi connectivity index (χ1n) is 8.72. The van der Waals surface area contributed by atoms with Crippen molar-refractivity contribution in [3.63, 3.8) is 0 Å². The molecule has 0 saturated carbocycles. The highest BCUT2D eigenvalue weighted by atomic mass is 16.5. The molecule has 1 aliphatic carbocycles. The van der Waals surface area contributed by atoms with Gasteiger partial charge in [-0.25, -0.2) is 0 Å². The van der Waals surface area contributed by atoms with Crippen molar-refractivity contribution in [1.29, 1.82) is 0 Å². The second kappa shape index (κ2) is 5.37. The molecule has 2 aromatic carbocycles. The Morgan fingerprint density at radius 3 is 2.33 bits per heavy atom. The van der Waals surface area contributed by atoms with E-state index in [4.69, 9.17) is 4.74 Å². The van der Waals surface area contributed by atoms with E-state index in [9.17, 15) is 14.4 Å². The van der Waals surface area contributed by atoms with Crippen LogP contribution in [0.25, 0.3) is 10.9 Å². The Bertz CT molecular complexity index is 1110. The number of carbonyl (C=O) groups is 3. The van der Waals surface area contributed by atoms with Crippen LogP contribution in [0.5, 0.6) is 0 Å². The van der Waals surface area contributed by atoms with Gasteiger partial charge in [0.05, 0.1) is 12.8 Å². The molecule has 0 radical (unpaired) electrons. The number of hydrogen-bond donors (Lipinski definition) is 2. The maximum atomic E-state index is 13.4. The van der Waals surface area contributed by atoms with Crippen LogP contribution in [0.3, 0.4) is 0 Å². The Labute approximate surface area is 154 Å². The Morgan fingerprint density at radius 1 is 1.04 bits per heavy atom. The van der Waals surface area contributed by atoms with Crippen molar-refractivity contribution in [3.05, 3.63) is 70.9 Å². The van der Waals surface area contributed by atoms with E-state index in [2.05, 4.69) is 10.3 Å². The fourth-order valence-corrected chi connectivity index (χ4v) is 4.35. The summed E-state index contributed by atoms with van der Waals surface area (Å²) in [5, 5.41) is 3.94. The Hall–Kier alpha value is -3.25. The summed E-state index contributed by atoms with van der Waals surface area (Å²) in [6.07, 6.45) is 0.338. The number of H-pyrrole nitrogens is 1. The zero-order valence-electron chi connectivity index (χ0n) is 14.5. The van der Waals surface area contributed by atoms with Gasteiger partial charge in [0.15, 0.2) is 17.1 Å². The molecule has 5 rings (SSSR count). The van der Waals surface area contributed by atoms with E-state index in [1.54, 1.807) is 24.3 Å². The van der Waals surface area contributed by atoms with Crippen molar-refractivity contribution in [1.82, 2.24) is 10.3 Å². The lowest BCUT2D eigenvalue weighted by molar-refractivity contribution is -0.143. The number of Topliss-reactive ketones (excluding diaryl/α,β-unsaturated/α-hetero) is 2. The molecule has 1 spiro atoms. The molecule has 6 heteroatoms. The largest absolute Gasteiger partial charge is 0.468 e. The molecule has 27 heavy (non-hydrogen) atoms. The normalized spacial score (nSPS) is 20.0. The van der Waals surface area contributed by atoms with Crippen LogP contribution in [0.2, 0.25) is 0 Å². The van der Waals surface area contributed by atoms with Gasteiger partial charge in [-0.05, 0) is 11.6 Å². The van der Waals surface area contributed by atoms with Crippen LogP contribution in [0.4, 0.5) is 0 Å². The summed E-state index contributed by atoms with van der Waals surface area (Å²) in [6.45, 7) is 0. The number of esters is 1. The first kappa shape index (κ1) is 16.0. The first-order valence-corrected chi connectivity index (χ1v) is 8.72. The highest BCUT2D eigenvalue weighted by Crippen LogP contribution is 2.43. The molecule has 1 atom stereocenters. The quantitative estimate of drug-likeness (QED) is 0.513. The molecule has 0 fully saturated rings. The van der Waals surface area contributed by atoms with Gasteiger partial charge in [-0.2, -0.15) is 0 Å². The zero-order valence-corrected chi connectivity index (χ0v) is 14.5. The van der Waals surface area contributed by atoms with Gasteiger partial charge in [0.1, 0.15) is 6.04 Å². The third kappa shape index (κ3) is 1.90. The molecule has 2 aliphatic rings. The second-order valence-corrected chi connectivity index (χ2v) is 6.90. The van der Waals surface area contributed by atoms with Gasteiger partial charge >= 0.3 is 5.97 Å². The number of methoxy groups -OCH3 is 1. The molecular weight excluding hydrogens is 344 g/mol. The molecule has 0 unspecified atom stereocenters. The number of benzene rings is 2. The summed E-state index contributed by atoms with van der Waals surface area (Å²) in [4.78, 5) is 42.5. The highest BCUT2D eigenvalue weighted by molar-refractivity contribution is 6.33. The topological polar surface area (TPSA) is 88.3 Å². The SMILES string of the molecule is COC(=O)[C@@H]1Cc2c([nH]c3ccccc23)C2(N1)C(=O)c1ccccc1C2=O. The molecule has 1 aliphatic heterocycles. The number of ether oxygens (including phenoxy) is 1. The number of nitrogens with one attached hydrogen (secondary N) is 2. The molecule has 0 amide bonds. The first-order chi connectivity index (χ1) is 13.1. The molecule has 0 bridgehead atoms. The number of para-hydroxylation sites is 1. The van der Waals surface area contributed by atoms with E-state index in [0.717, 1.165) is 16.5 Å². The lowest BCUT2D eigenvalue weighted by Crippen LogP contribution is -2.61. The number of carbonyl (C=O) groups excluding carboxylic acids is 3. The molecular formula is C21H16N2O4. The third-order valence-electron chi connectivity index (χ3n) is 5.57. The minimum absolute atomic E-state index is 0.338. The fraction of sp³-hybridized carbons (Fsp3) is 0.190. The minimum atomic E-state index is -1.63. The average Bonchev–Trinajstić information content (AvgIpc) is 3.18. The van der Waals surface area contributed by atoms with E-state index in [-0.39, 0.29) is 11.6 Å². The molecule has 2 heterocycles. The summed E-state index contributed by atoms with van der Waals surface area (Å²) in [6, 6.07) is 13.6. The van der Waals surface area contributed by atoms with Crippen LogP contribution in [0.1, 0.15) is 32.0 Å². The van der Waals surface area contributed by atoms with Crippen LogP contribution in [0.15, 0.2) is 48.5 Å². The standard InChI is InChI=1S/C21H16N2O4/c1-27-20(26)16-10-14-11-6-4-5-9-15(11)22-17(14)21(23-16)18(24)12-7-2-3-8-13(12)19(21)25/h2-9,16,22-23H,10H2,1H3/t16-/m0/s1. The van der Waals surface area contributed by atoms with E-state index in [1.165, 1.54) is 7.11 Å². The van der Waals surface area contributed by atoms with Crippen LogP contribution in [-0.4, -0.2) is 35.7 Å². The van der Waals surface area contributed by atoms with Crippen LogP contribution >= 0.6 is 0 Å². The number of aromatic amines is 1. The second-order valence-electron chi connectivity index (χ2n) is 6.90. The predicted molar refractivity (Wildman–Crippen MR) is 97.7 cm³/mol. The van der Waals surface area contributed by atoms with Crippen LogP contribution < -0.4 is 5.32 Å². The van der Waals surface area contributed by atoms with Crippen molar-refractivity contribution in [2.24, 2.45) is 0 Å². The van der Waals surface area contributed by atoms with Crippen LogP contribution in [0, 0.1) is 0 Å². The summed E-state index contributed by atoms with van der Waals surface area (Å²) >= 11 is 0. The van der Waals surface area contributed by atoms with Crippen molar-refractivity contribution in [3.8, 4) is 0 Å². The molecule has 134 valence electrons. The van der Waals surface area contributed by atoms with E-state index >= 15 is 0 Å². The molecule has 0 saturated heterocycles. The van der Waals surface area contributed by atoms with Crippen molar-refractivity contribution < 1.29 is 19.1 Å². The van der Waals surface area contributed by atoms with Gasteiger partial charge in [0.2, 0.25) is 0 Å². The average molecular weight is 360 g/mol. The van der Waals surface area contributed by atoms with E-state index < -0.39 is 17.6 Å². The number of rotatable bonds is 1. The zero-order chi connectivity index (χ0) is 18.8. The smallest absolute Gasteiger partial charge is 0.323 e. The van der Waals surface area contributed by atoms with Gasteiger partial charge in [-0.1, -0.05) is 42.5 Å². The number of ketones is 2. The van der Waals surface area contributed by atoms with Gasteiger partial charge in [-0.3, -0.25) is 19.7 Å². The monoisotopic (exact) mass is 360 g/mol. The summed E-state index contributed by atoms with van der Waals surface area (Å²) in [5.41, 5.74) is 1.25. The molecule has 2 N–H and O–H groups in total. The van der Waals surface area contributed by atoms with Gasteiger partial charge in [0, 0.05) is 28.5 Å². The Morgan fingerprint density at radius 2 is 1.67 bits per heavy atom. The van der Waals surface area contributed by atoms with Gasteiger partial charge < -0.3 is 9.72 Å². The predicted octanol–water partition coefficient (Wildman–Crippen LogP) is 2.13. The van der Waals surface area contributed by atoms with Crippen molar-refractivity contribution in [2.75, 3.05) is 7.11 Å². The van der Waals surface area contributed by atoms with E-state index in [0.29, 0.717) is 23.2 Å². The minimum Gasteiger partial charge on any atom is -0.468 e. The fourth-order valence-electron chi connectivity index (χ4n) is 4.35. The van der Waals surface area contributed by atoms with Crippen LogP contribution in [-0.2, 0) is 21.5 Å². The molecule has 1 aromatic heterocycles. The lowest BCUT2D eigenvalue weighted by Gasteiger charge is -2.36. The third-order valence-corrected chi connectivity index (χ3v) is 5.57. The number of hydrogen-bond acceptors (Lipinski definition) is 5. The maximum absolute atomic E-state index is 13.4. The lowest BCUT2D eigenvalue weighted by atomic mass is 9.80. The molecule has 3 aromatic rings. The highest BCUT2D eigenvalue weighted by Gasteiger charge is 2.59. The number of aromatic nitrogens is 1.